The van der Waals surface area contributed by atoms with Gasteiger partial charge in [0.25, 0.3) is 0 Å². The van der Waals surface area contributed by atoms with Crippen molar-refractivity contribution in [1.29, 1.82) is 0 Å². The number of pyridine rings is 1. The minimum atomic E-state index is -3.04. The van der Waals surface area contributed by atoms with E-state index in [0.717, 1.165) is 82.4 Å². The Balaban J connectivity index is 0.000000123. The van der Waals surface area contributed by atoms with Gasteiger partial charge in [0, 0.05) is 60.6 Å². The average Bonchev–Trinajstić information content (AvgIpc) is 1.44. The first kappa shape index (κ1) is 80.1. The van der Waals surface area contributed by atoms with Crippen molar-refractivity contribution in [3.8, 4) is 74.6 Å². The van der Waals surface area contributed by atoms with Crippen LogP contribution in [-0.2, 0) is 61.5 Å². The summed E-state index contributed by atoms with van der Waals surface area (Å²) < 4.78 is 96.0. The lowest BCUT2D eigenvalue weighted by Crippen LogP contribution is -2.58. The molecule has 8 aromatic rings. The van der Waals surface area contributed by atoms with Crippen molar-refractivity contribution in [3.05, 3.63) is 192 Å². The number of aliphatic imine (C=N–C) groups is 4. The molecular weight excluding hydrogens is 1610 g/mol. The Bertz CT molecular complexity index is 5900. The molecule has 13 heterocycles. The third kappa shape index (κ3) is 18.2. The van der Waals surface area contributed by atoms with Crippen LogP contribution in [0.25, 0.3) is 43.9 Å². The first-order valence-electron chi connectivity index (χ1n) is 35.9. The van der Waals surface area contributed by atoms with E-state index in [1.807, 2.05) is 86.3 Å². The molecule has 1 aliphatic carbocycles. The second-order valence-electron chi connectivity index (χ2n) is 31.0. The van der Waals surface area contributed by atoms with Crippen molar-refractivity contribution in [2.24, 2.45) is 48.8 Å². The van der Waals surface area contributed by atoms with Gasteiger partial charge in [-0.25, -0.2) is 38.5 Å². The molecule has 19 nitrogen and oxygen atoms in total. The van der Waals surface area contributed by atoms with Crippen LogP contribution in [0, 0.1) is 48.0 Å². The topological polar surface area (TPSA) is 312 Å². The van der Waals surface area contributed by atoms with E-state index in [1.54, 1.807) is 59.4 Å². The summed E-state index contributed by atoms with van der Waals surface area (Å²) in [5, 5.41) is 8.22. The molecule has 5 fully saturated rings. The van der Waals surface area contributed by atoms with Gasteiger partial charge in [0.05, 0.1) is 101 Å². The lowest BCUT2D eigenvalue weighted by atomic mass is 9.85. The lowest BCUT2D eigenvalue weighted by molar-refractivity contribution is 0.372. The summed E-state index contributed by atoms with van der Waals surface area (Å²) in [5.41, 5.74) is 34.4. The number of aromatic nitrogens is 2. The van der Waals surface area contributed by atoms with Crippen molar-refractivity contribution < 1.29 is 33.7 Å². The van der Waals surface area contributed by atoms with Gasteiger partial charge in [-0.3, -0.25) is 25.0 Å². The van der Waals surface area contributed by atoms with Gasteiger partial charge >= 0.3 is 0 Å². The Morgan fingerprint density at radius 2 is 0.892 bits per heavy atom. The molecule has 576 valence electrons. The smallest absolute Gasteiger partial charge is 0.187 e. The number of rotatable bonds is 8. The molecule has 4 spiro atoms. The van der Waals surface area contributed by atoms with Crippen LogP contribution in [0.4, 0.5) is 5.69 Å². The number of nitrogens with two attached hydrogens (primary N) is 4. The van der Waals surface area contributed by atoms with Crippen LogP contribution in [0.3, 0.4) is 0 Å². The molecule has 0 radical (unpaired) electrons. The van der Waals surface area contributed by atoms with Crippen LogP contribution < -0.4 is 22.9 Å². The fourth-order valence-corrected chi connectivity index (χ4v) is 36.2. The number of nitrogens with zero attached hydrogens (tertiary/aromatic N) is 7. The number of thioether (sulfide) groups is 4. The van der Waals surface area contributed by atoms with Crippen LogP contribution >= 0.6 is 81.1 Å². The molecule has 0 amide bonds. The Kier molecular flexibility index (Phi) is 21.9. The van der Waals surface area contributed by atoms with Gasteiger partial charge < -0.3 is 27.5 Å². The lowest BCUT2D eigenvalue weighted by Gasteiger charge is -2.47. The summed E-state index contributed by atoms with van der Waals surface area (Å²) in [6, 6.07) is 34.5. The Hall–Kier alpha value is -7.56. The second-order valence-corrected chi connectivity index (χ2v) is 48.1. The zero-order valence-corrected chi connectivity index (χ0v) is 70.9. The van der Waals surface area contributed by atoms with Gasteiger partial charge in [0.2, 0.25) is 0 Å². The number of thiophene rings is 3. The summed E-state index contributed by atoms with van der Waals surface area (Å²) in [4.78, 5) is 29.9. The molecule has 5 aromatic heterocycles. The van der Waals surface area contributed by atoms with E-state index >= 15 is 0 Å². The van der Waals surface area contributed by atoms with E-state index < -0.39 is 61.5 Å². The molecule has 111 heavy (non-hydrogen) atoms. The van der Waals surface area contributed by atoms with Gasteiger partial charge in [-0.05, 0) is 209 Å². The van der Waals surface area contributed by atoms with Crippen LogP contribution in [0.2, 0.25) is 0 Å². The Morgan fingerprint density at radius 1 is 0.477 bits per heavy atom. The van der Waals surface area contributed by atoms with E-state index in [0.29, 0.717) is 64.4 Å². The maximum absolute atomic E-state index is 12.4. The molecule has 1 saturated carbocycles. The van der Waals surface area contributed by atoms with E-state index in [1.165, 1.54) is 59.9 Å². The van der Waals surface area contributed by atoms with Crippen LogP contribution in [0.15, 0.2) is 164 Å². The van der Waals surface area contributed by atoms with Crippen molar-refractivity contribution >= 4 is 147 Å². The van der Waals surface area contributed by atoms with E-state index in [9.17, 15) is 33.7 Å². The number of benzene rings is 3. The van der Waals surface area contributed by atoms with Crippen molar-refractivity contribution in [2.45, 2.75) is 134 Å². The van der Waals surface area contributed by atoms with Crippen LogP contribution in [0.1, 0.15) is 130 Å². The first-order chi connectivity index (χ1) is 52.4. The highest BCUT2D eigenvalue weighted by Crippen LogP contribution is 2.56. The van der Waals surface area contributed by atoms with Gasteiger partial charge in [0.1, 0.15) is 0 Å². The largest absolute Gasteiger partial charge is 0.378 e. The highest BCUT2D eigenvalue weighted by Gasteiger charge is 2.59. The molecule has 4 saturated heterocycles. The fourth-order valence-electron chi connectivity index (χ4n) is 16.3. The Morgan fingerprint density at radius 3 is 1.34 bits per heavy atom. The summed E-state index contributed by atoms with van der Waals surface area (Å²) >= 11 is 10.6. The van der Waals surface area contributed by atoms with Crippen molar-refractivity contribution in [3.63, 3.8) is 0 Å². The predicted molar refractivity (Wildman–Crippen MR) is 463 cm³/mol. The molecule has 0 bridgehead atoms. The van der Waals surface area contributed by atoms with Crippen molar-refractivity contribution in [1.82, 2.24) is 9.55 Å². The van der Waals surface area contributed by atoms with Gasteiger partial charge in [-0.1, -0.05) is 113 Å². The van der Waals surface area contributed by atoms with Gasteiger partial charge in [-0.2, -0.15) is 0 Å². The minimum Gasteiger partial charge on any atom is -0.378 e. The van der Waals surface area contributed by atoms with Crippen LogP contribution in [-0.4, -0.2) is 129 Å². The molecule has 5 atom stereocenters. The minimum absolute atomic E-state index is 0.166. The first-order valence-corrected chi connectivity index (χ1v) is 49.1. The van der Waals surface area contributed by atoms with E-state index in [2.05, 4.69) is 134 Å². The normalized spacial score (nSPS) is 26.6. The summed E-state index contributed by atoms with van der Waals surface area (Å²) in [7, 11) is -11.9. The summed E-state index contributed by atoms with van der Waals surface area (Å²) in [6.45, 7) is 19.0. The van der Waals surface area contributed by atoms with E-state index in [-0.39, 0.29) is 65.0 Å². The van der Waals surface area contributed by atoms with Gasteiger partial charge in [0.15, 0.2) is 65.7 Å². The monoisotopic (exact) mass is 1690 g/mol. The number of sulfone groups is 4. The highest BCUT2D eigenvalue weighted by atomic mass is 32.2. The standard InChI is InChI=1S/C22H22N2O2S3.C22H24N2O2S3.C19H20N4O2S2.C18H17N3O2S3/c1-21(12-22(28-20(23)24-21)13-29(25,26)14-22)19-10-18(11-27-19)17-4-2-3-16(9-17)8-7-15-5-6-15;1-3-6-16-7-4-8-17(11-16)18-12-19(27-13-18)21(2)14-22(28-20(23)24-21)9-5-10-29(25,26)15-22;1-3-4-14-7-16(9-21-8-14)23-6-5-15(10-23)18(2)11-19(26-17(20)22-18)12-27(24,25)13-19;1-17(9-18(25-16(19)21-17)10-26(22,23)11-18)15-7-13(8-24-15)12-4-3-5-14(6-12)20-2/h2-4,9-11,15H,5-6,12-14H2,1H3,(H2,23,24);4,7-8,11-13H,5,9-10,14-15H2,1-2H3,(H2,23,24);5-10H,11-13H2,1-2H3,(H2,20,22);3-8H,9-11H2,1H3,(H2,19,21). The number of amidine groups is 4. The number of hydrogen-bond acceptors (Lipinski definition) is 24. The summed E-state index contributed by atoms with van der Waals surface area (Å²) in [6.07, 6.45) is 14.2. The average molecular weight is 1690 g/mol. The van der Waals surface area contributed by atoms with Crippen LogP contribution in [0.5, 0.6) is 0 Å². The predicted octanol–water partition coefficient (Wildman–Crippen LogP) is 14.3. The zero-order chi connectivity index (χ0) is 78.8. The SMILES string of the molecule is CC#Cc1cccc(-c2csc(C3(C)CC4(CCCS(=O)(=O)C4)SC(N)=N3)c2)c1.CC#Cc1cncc(-n2ccc(C3(C)CC4(CS(=O)(=O)C4)SC(N)=N3)c2)c1.CC1(c2cc(-c3cccc(C#CC4CC4)c3)cs2)CC2(CS(=O)(=O)C2)SC(N)=N1.[C-]#[N+]c1cccc(-c2csc(C3(C)CC4(CS(=O)(=O)C4)SC(N)=N3)c2)c1. The molecular formula is C81H83N11O8S11. The quantitative estimate of drug-likeness (QED) is 0.0811. The molecule has 3 aromatic carbocycles. The third-order valence-corrected chi connectivity index (χ3v) is 38.2. The highest BCUT2D eigenvalue weighted by molar-refractivity contribution is 8.18. The third-order valence-electron chi connectivity index (χ3n) is 20.8. The molecule has 17 rings (SSSR count). The van der Waals surface area contributed by atoms with E-state index in [4.69, 9.17) is 39.5 Å². The van der Waals surface area contributed by atoms with Gasteiger partial charge in [-0.15, -0.1) is 45.9 Å². The molecule has 9 aliphatic rings. The number of hydrogen-bond donors (Lipinski definition) is 4. The molecule has 8 N–H and O–H groups in total. The fraction of sp³-hybridized carbons (Fsp3) is 0.383. The maximum Gasteiger partial charge on any atom is 0.187 e. The van der Waals surface area contributed by atoms with Crippen molar-refractivity contribution in [2.75, 3.05) is 46.0 Å². The molecule has 5 unspecified atom stereocenters. The molecule has 8 aliphatic heterocycles. The molecule has 30 heteroatoms. The zero-order valence-electron chi connectivity index (χ0n) is 61.9. The summed E-state index contributed by atoms with van der Waals surface area (Å²) in [5.74, 6) is 20.6. The maximum atomic E-state index is 12.4. The second kappa shape index (κ2) is 30.3. The Labute approximate surface area is 679 Å².